The molecule has 0 spiro atoms. The van der Waals surface area contributed by atoms with Crippen molar-refractivity contribution in [1.29, 1.82) is 0 Å². The van der Waals surface area contributed by atoms with Gasteiger partial charge >= 0.3 is 0 Å². The van der Waals surface area contributed by atoms with E-state index in [1.807, 2.05) is 48.5 Å². The number of hydrogen-bond donors (Lipinski definition) is 1. The molecule has 1 aliphatic rings. The lowest BCUT2D eigenvalue weighted by Crippen LogP contribution is -2.14. The van der Waals surface area contributed by atoms with E-state index in [0.29, 0.717) is 5.16 Å². The van der Waals surface area contributed by atoms with Crippen LogP contribution in [-0.4, -0.2) is 26.8 Å². The Morgan fingerprint density at radius 1 is 0.852 bits per heavy atom. The third-order valence-corrected chi connectivity index (χ3v) is 5.31. The third kappa shape index (κ3) is 2.84. The number of aromatic nitrogens is 3. The van der Waals surface area contributed by atoms with E-state index < -0.39 is 0 Å². The predicted molar refractivity (Wildman–Crippen MR) is 108 cm³/mol. The van der Waals surface area contributed by atoms with E-state index in [1.54, 1.807) is 0 Å². The van der Waals surface area contributed by atoms with Gasteiger partial charge in [-0.15, -0.1) is 10.2 Å². The number of nitrogens with one attached hydrogen (secondary N) is 1. The fraction of sp³-hybridized carbons (Fsp3) is 0.0476. The van der Waals surface area contributed by atoms with Crippen LogP contribution in [0.2, 0.25) is 0 Å². The maximum atomic E-state index is 12.1. The van der Waals surface area contributed by atoms with Gasteiger partial charge in [0, 0.05) is 22.2 Å². The van der Waals surface area contributed by atoms with Crippen LogP contribution >= 0.6 is 11.8 Å². The average molecular weight is 370 g/mol. The van der Waals surface area contributed by atoms with Crippen LogP contribution in [0.5, 0.6) is 0 Å². The summed E-state index contributed by atoms with van der Waals surface area (Å²) in [4.78, 5) is 16.8. The van der Waals surface area contributed by atoms with Crippen LogP contribution < -0.4 is 5.32 Å². The number of anilines is 1. The summed E-state index contributed by atoms with van der Waals surface area (Å²) >= 11 is 1.29. The Morgan fingerprint density at radius 2 is 1.59 bits per heavy atom. The van der Waals surface area contributed by atoms with E-state index in [1.165, 1.54) is 22.5 Å². The first-order valence-electron chi connectivity index (χ1n) is 8.54. The fourth-order valence-corrected chi connectivity index (χ4v) is 3.91. The molecule has 27 heavy (non-hydrogen) atoms. The van der Waals surface area contributed by atoms with Crippen molar-refractivity contribution >= 4 is 34.1 Å². The highest BCUT2D eigenvalue weighted by molar-refractivity contribution is 7.99. The number of benzene rings is 3. The Hall–Kier alpha value is -3.25. The van der Waals surface area contributed by atoms with Crippen molar-refractivity contribution in [1.82, 2.24) is 15.2 Å². The lowest BCUT2D eigenvalue weighted by Gasteiger charge is -2.05. The van der Waals surface area contributed by atoms with Crippen LogP contribution in [0.15, 0.2) is 71.9 Å². The van der Waals surface area contributed by atoms with Crippen molar-refractivity contribution in [3.63, 3.8) is 0 Å². The van der Waals surface area contributed by atoms with E-state index in [9.17, 15) is 4.79 Å². The summed E-state index contributed by atoms with van der Waals surface area (Å²) < 4.78 is 0. The molecule has 1 N–H and O–H groups in total. The van der Waals surface area contributed by atoms with E-state index in [0.717, 1.165) is 28.2 Å². The molecule has 5 rings (SSSR count). The summed E-state index contributed by atoms with van der Waals surface area (Å²) in [5.74, 6) is 0.132. The third-order valence-electron chi connectivity index (χ3n) is 4.47. The van der Waals surface area contributed by atoms with Crippen molar-refractivity contribution in [2.24, 2.45) is 0 Å². The van der Waals surface area contributed by atoms with Crippen molar-refractivity contribution < 1.29 is 4.79 Å². The van der Waals surface area contributed by atoms with Crippen molar-refractivity contribution in [3.05, 3.63) is 66.7 Å². The minimum atomic E-state index is -0.0966. The zero-order valence-corrected chi connectivity index (χ0v) is 15.0. The maximum absolute atomic E-state index is 12.1. The molecule has 3 aromatic carbocycles. The number of para-hydroxylation sites is 1. The van der Waals surface area contributed by atoms with Gasteiger partial charge in [-0.05, 0) is 17.5 Å². The van der Waals surface area contributed by atoms with Gasteiger partial charge in [0.1, 0.15) is 11.4 Å². The molecule has 4 aromatic rings. The summed E-state index contributed by atoms with van der Waals surface area (Å²) in [5, 5.41) is 14.3. The number of fused-ring (bicyclic) bond motifs is 3. The van der Waals surface area contributed by atoms with Crippen LogP contribution in [0.1, 0.15) is 0 Å². The summed E-state index contributed by atoms with van der Waals surface area (Å²) in [5.41, 5.74) is 4.56. The molecule has 6 heteroatoms. The lowest BCUT2D eigenvalue weighted by molar-refractivity contribution is -0.113. The van der Waals surface area contributed by atoms with Gasteiger partial charge in [-0.25, -0.2) is 4.98 Å². The maximum Gasteiger partial charge on any atom is 0.234 e. The molecule has 130 valence electrons. The second kappa shape index (κ2) is 6.48. The van der Waals surface area contributed by atoms with Crippen LogP contribution in [0.3, 0.4) is 0 Å². The van der Waals surface area contributed by atoms with Crippen LogP contribution in [0.25, 0.3) is 33.3 Å². The fourth-order valence-electron chi connectivity index (χ4n) is 3.33. The normalized spacial score (nSPS) is 11.4. The highest BCUT2D eigenvalue weighted by Crippen LogP contribution is 2.44. The van der Waals surface area contributed by atoms with Gasteiger partial charge in [0.25, 0.3) is 0 Å². The molecule has 0 saturated heterocycles. The minimum absolute atomic E-state index is 0.0966. The first-order chi connectivity index (χ1) is 13.3. The Labute approximate surface area is 159 Å². The summed E-state index contributed by atoms with van der Waals surface area (Å²) in [7, 11) is 0. The summed E-state index contributed by atoms with van der Waals surface area (Å²) in [6.07, 6.45) is 0. The van der Waals surface area contributed by atoms with E-state index in [2.05, 4.69) is 38.7 Å². The number of amides is 1. The number of hydrogen-bond acceptors (Lipinski definition) is 5. The van der Waals surface area contributed by atoms with Gasteiger partial charge in [0.15, 0.2) is 0 Å². The van der Waals surface area contributed by atoms with Gasteiger partial charge in [-0.3, -0.25) is 4.79 Å². The molecule has 1 aliphatic carbocycles. The van der Waals surface area contributed by atoms with E-state index >= 15 is 0 Å². The first kappa shape index (κ1) is 16.0. The molecule has 0 atom stereocenters. The number of rotatable bonds is 4. The number of thioether (sulfide) groups is 1. The second-order valence-electron chi connectivity index (χ2n) is 6.20. The molecule has 0 saturated carbocycles. The molecule has 0 unspecified atom stereocenters. The Morgan fingerprint density at radius 3 is 2.37 bits per heavy atom. The highest BCUT2D eigenvalue weighted by Gasteiger charge is 2.24. The summed E-state index contributed by atoms with van der Waals surface area (Å²) in [6.45, 7) is 0. The van der Waals surface area contributed by atoms with Crippen molar-refractivity contribution in [3.8, 4) is 22.5 Å². The smallest absolute Gasteiger partial charge is 0.234 e. The molecular formula is C21H14N4OS. The van der Waals surface area contributed by atoms with Crippen molar-refractivity contribution in [2.45, 2.75) is 5.16 Å². The zero-order chi connectivity index (χ0) is 18.2. The molecule has 0 fully saturated rings. The number of carbonyl (C=O) groups excluding carboxylic acids is 1. The lowest BCUT2D eigenvalue weighted by atomic mass is 10.0. The van der Waals surface area contributed by atoms with E-state index in [-0.39, 0.29) is 11.7 Å². The molecule has 1 amide bonds. The predicted octanol–water partition coefficient (Wildman–Crippen LogP) is 4.40. The van der Waals surface area contributed by atoms with Gasteiger partial charge in [0.05, 0.1) is 5.75 Å². The average Bonchev–Trinajstić information content (AvgIpc) is 3.03. The molecule has 0 bridgehead atoms. The molecule has 5 nitrogen and oxygen atoms in total. The van der Waals surface area contributed by atoms with Crippen LogP contribution in [0, 0.1) is 0 Å². The molecule has 0 radical (unpaired) electrons. The molecular weight excluding hydrogens is 356 g/mol. The first-order valence-corrected chi connectivity index (χ1v) is 9.53. The Balaban J connectivity index is 1.38. The largest absolute Gasteiger partial charge is 0.325 e. The van der Waals surface area contributed by atoms with Crippen LogP contribution in [0.4, 0.5) is 5.69 Å². The zero-order valence-electron chi connectivity index (χ0n) is 14.2. The quantitative estimate of drug-likeness (QED) is 0.475. The Bertz CT molecular complexity index is 1170. The number of nitrogens with zero attached hydrogens (tertiary/aromatic N) is 3. The number of carbonyl (C=O) groups is 1. The molecule has 1 aromatic heterocycles. The molecule has 1 heterocycles. The highest BCUT2D eigenvalue weighted by atomic mass is 32.2. The van der Waals surface area contributed by atoms with E-state index in [4.69, 9.17) is 0 Å². The second-order valence-corrected chi connectivity index (χ2v) is 7.15. The van der Waals surface area contributed by atoms with Gasteiger partial charge in [-0.1, -0.05) is 66.4 Å². The minimum Gasteiger partial charge on any atom is -0.325 e. The van der Waals surface area contributed by atoms with Crippen LogP contribution in [-0.2, 0) is 4.79 Å². The topological polar surface area (TPSA) is 67.8 Å². The van der Waals surface area contributed by atoms with Crippen molar-refractivity contribution in [2.75, 3.05) is 11.1 Å². The standard InChI is InChI=1S/C21H14N4OS/c26-17(22-14-8-2-1-3-9-14)12-27-21-23-19-15-10-4-6-13-7-5-11-16(18(13)15)20(19)24-25-21/h1-11H,12H2,(H,22,26). The molecule has 0 aliphatic heterocycles. The SMILES string of the molecule is O=C(CSc1nnc2c(n1)-c1cccc3cccc-2c13)Nc1ccccc1. The monoisotopic (exact) mass is 370 g/mol. The van der Waals surface area contributed by atoms with Gasteiger partial charge in [0.2, 0.25) is 11.1 Å². The van der Waals surface area contributed by atoms with Gasteiger partial charge in [-0.2, -0.15) is 0 Å². The van der Waals surface area contributed by atoms with Gasteiger partial charge < -0.3 is 5.32 Å². The summed E-state index contributed by atoms with van der Waals surface area (Å²) in [6, 6.07) is 21.7. The Kier molecular flexibility index (Phi) is 3.83.